The van der Waals surface area contributed by atoms with E-state index in [2.05, 4.69) is 17.2 Å². The van der Waals surface area contributed by atoms with E-state index < -0.39 is 34.5 Å². The van der Waals surface area contributed by atoms with Crippen LogP contribution in [0.1, 0.15) is 16.7 Å². The summed E-state index contributed by atoms with van der Waals surface area (Å²) in [4.78, 5) is 24.1. The lowest BCUT2D eigenvalue weighted by Crippen LogP contribution is -2.46. The van der Waals surface area contributed by atoms with Crippen molar-refractivity contribution in [3.63, 3.8) is 0 Å². The molecular formula is C23H26N2O6S. The van der Waals surface area contributed by atoms with Crippen molar-refractivity contribution in [2.75, 3.05) is 27.3 Å². The third-order valence-electron chi connectivity index (χ3n) is 4.57. The zero-order valence-corrected chi connectivity index (χ0v) is 19.0. The van der Waals surface area contributed by atoms with Gasteiger partial charge in [-0.1, -0.05) is 41.7 Å². The first kappa shape index (κ1) is 25.1. The van der Waals surface area contributed by atoms with E-state index in [0.29, 0.717) is 12.2 Å². The molecule has 32 heavy (non-hydrogen) atoms. The van der Waals surface area contributed by atoms with Crippen molar-refractivity contribution >= 4 is 21.9 Å². The number of aryl methyl sites for hydroxylation is 1. The van der Waals surface area contributed by atoms with Gasteiger partial charge in [0, 0.05) is 26.1 Å². The lowest BCUT2D eigenvalue weighted by molar-refractivity contribution is -0.141. The molecule has 0 saturated carbocycles. The second-order valence-corrected chi connectivity index (χ2v) is 9.21. The molecular weight excluding hydrogens is 432 g/mol. The normalized spacial score (nSPS) is 12.0. The number of carboxylic acid groups (broad SMARTS) is 1. The molecule has 2 aromatic rings. The number of carbonyl (C=O) groups is 2. The van der Waals surface area contributed by atoms with Crippen LogP contribution >= 0.6 is 0 Å². The smallest absolute Gasteiger partial charge is 0.326 e. The fourth-order valence-corrected chi connectivity index (χ4v) is 3.91. The molecule has 0 heterocycles. The van der Waals surface area contributed by atoms with Crippen LogP contribution in [0.15, 0.2) is 53.4 Å². The zero-order chi connectivity index (χ0) is 23.7. The summed E-state index contributed by atoms with van der Waals surface area (Å²) < 4.78 is 31.0. The maximum Gasteiger partial charge on any atom is 0.326 e. The molecule has 8 nitrogen and oxygen atoms in total. The van der Waals surface area contributed by atoms with Crippen LogP contribution < -0.4 is 5.32 Å². The number of benzene rings is 2. The van der Waals surface area contributed by atoms with Crippen LogP contribution in [0.3, 0.4) is 0 Å². The van der Waals surface area contributed by atoms with Crippen molar-refractivity contribution in [3.05, 3.63) is 65.2 Å². The van der Waals surface area contributed by atoms with E-state index in [9.17, 15) is 23.1 Å². The highest BCUT2D eigenvalue weighted by Gasteiger charge is 2.26. The molecule has 0 fully saturated rings. The fourth-order valence-electron chi connectivity index (χ4n) is 2.79. The quantitative estimate of drug-likeness (QED) is 0.550. The number of nitrogens with one attached hydrogen (secondary N) is 1. The molecule has 0 radical (unpaired) electrons. The summed E-state index contributed by atoms with van der Waals surface area (Å²) in [5.41, 5.74) is 2.35. The summed E-state index contributed by atoms with van der Waals surface area (Å²) in [6.45, 7) is 1.64. The minimum atomic E-state index is -3.88. The first-order chi connectivity index (χ1) is 15.1. The molecule has 1 atom stereocenters. The van der Waals surface area contributed by atoms with E-state index in [-0.39, 0.29) is 11.3 Å². The number of sulfonamides is 1. The topological polar surface area (TPSA) is 113 Å². The van der Waals surface area contributed by atoms with Crippen molar-refractivity contribution in [1.82, 2.24) is 9.62 Å². The number of rotatable bonds is 9. The van der Waals surface area contributed by atoms with E-state index in [1.165, 1.54) is 19.2 Å². The minimum Gasteiger partial charge on any atom is -0.480 e. The molecule has 0 unspecified atom stereocenters. The first-order valence-corrected chi connectivity index (χ1v) is 11.2. The van der Waals surface area contributed by atoms with Crippen molar-refractivity contribution in [2.24, 2.45) is 0 Å². The Morgan fingerprint density at radius 3 is 2.31 bits per heavy atom. The second kappa shape index (κ2) is 11.4. The SMILES string of the molecule is COCC#Cc1ccc(C[C@H](NC(=O)CN(C)S(=O)(=O)c2ccc(C)cc2)C(=O)O)cc1. The second-order valence-electron chi connectivity index (χ2n) is 7.17. The fraction of sp³-hybridized carbons (Fsp3) is 0.304. The van der Waals surface area contributed by atoms with Crippen LogP contribution in [-0.2, 0) is 30.8 Å². The van der Waals surface area contributed by atoms with Crippen LogP contribution in [-0.4, -0.2) is 63.1 Å². The molecule has 0 spiro atoms. The van der Waals surface area contributed by atoms with Gasteiger partial charge in [0.05, 0.1) is 11.4 Å². The summed E-state index contributed by atoms with van der Waals surface area (Å²) in [5, 5.41) is 11.9. The van der Waals surface area contributed by atoms with Gasteiger partial charge >= 0.3 is 5.97 Å². The van der Waals surface area contributed by atoms with Crippen molar-refractivity contribution in [2.45, 2.75) is 24.3 Å². The number of hydrogen-bond acceptors (Lipinski definition) is 5. The molecule has 1 amide bonds. The van der Waals surface area contributed by atoms with Gasteiger partial charge in [0.1, 0.15) is 12.6 Å². The molecule has 2 aromatic carbocycles. The van der Waals surface area contributed by atoms with Gasteiger partial charge in [-0.2, -0.15) is 4.31 Å². The Morgan fingerprint density at radius 2 is 1.75 bits per heavy atom. The number of methoxy groups -OCH3 is 1. The number of aliphatic carboxylic acids is 1. The predicted octanol–water partition coefficient (Wildman–Crippen LogP) is 1.43. The molecule has 2 rings (SSSR count). The van der Waals surface area contributed by atoms with Gasteiger partial charge in [-0.15, -0.1) is 0 Å². The van der Waals surface area contributed by atoms with E-state index in [0.717, 1.165) is 15.4 Å². The summed E-state index contributed by atoms with van der Waals surface area (Å²) >= 11 is 0. The standard InChI is InChI=1S/C23H26N2O6S/c1-17-6-12-20(13-7-17)32(29,30)25(2)16-22(26)24-21(23(27)28)15-19-10-8-18(9-11-19)5-4-14-31-3/h6-13,21H,14-16H2,1-3H3,(H,24,26)(H,27,28)/t21-/m0/s1. The zero-order valence-electron chi connectivity index (χ0n) is 18.2. The van der Waals surface area contributed by atoms with Crippen LogP contribution in [0.5, 0.6) is 0 Å². The summed E-state index contributed by atoms with van der Waals surface area (Å²) in [7, 11) is -1.06. The molecule has 0 aromatic heterocycles. The highest BCUT2D eigenvalue weighted by Crippen LogP contribution is 2.15. The Bertz CT molecular complexity index is 1100. The van der Waals surface area contributed by atoms with Crippen molar-refractivity contribution in [1.29, 1.82) is 0 Å². The third-order valence-corrected chi connectivity index (χ3v) is 6.39. The van der Waals surface area contributed by atoms with Gasteiger partial charge in [0.2, 0.25) is 15.9 Å². The van der Waals surface area contributed by atoms with Crippen LogP contribution in [0.2, 0.25) is 0 Å². The number of amides is 1. The number of carboxylic acids is 1. The van der Waals surface area contributed by atoms with Gasteiger partial charge in [0.25, 0.3) is 0 Å². The van der Waals surface area contributed by atoms with Gasteiger partial charge in [-0.25, -0.2) is 13.2 Å². The van der Waals surface area contributed by atoms with Crippen LogP contribution in [0.25, 0.3) is 0 Å². The Morgan fingerprint density at radius 1 is 1.12 bits per heavy atom. The number of hydrogen-bond donors (Lipinski definition) is 2. The Labute approximate surface area is 188 Å². The number of likely N-dealkylation sites (N-methyl/N-ethyl adjacent to an activating group) is 1. The monoisotopic (exact) mass is 458 g/mol. The molecule has 9 heteroatoms. The van der Waals surface area contributed by atoms with E-state index in [1.807, 2.05) is 6.92 Å². The summed E-state index contributed by atoms with van der Waals surface area (Å²) in [6.07, 6.45) is 0.0429. The molecule has 0 aliphatic rings. The lowest BCUT2D eigenvalue weighted by Gasteiger charge is -2.19. The van der Waals surface area contributed by atoms with Gasteiger partial charge < -0.3 is 15.2 Å². The maximum absolute atomic E-state index is 12.6. The Kier molecular flexibility index (Phi) is 8.96. The van der Waals surface area contributed by atoms with Crippen molar-refractivity contribution < 1.29 is 27.9 Å². The molecule has 0 aliphatic carbocycles. The van der Waals surface area contributed by atoms with Crippen molar-refractivity contribution in [3.8, 4) is 11.8 Å². The highest BCUT2D eigenvalue weighted by atomic mass is 32.2. The molecule has 170 valence electrons. The average Bonchev–Trinajstić information content (AvgIpc) is 2.74. The number of nitrogens with zero attached hydrogens (tertiary/aromatic N) is 1. The number of carbonyl (C=O) groups excluding carboxylic acids is 1. The summed E-state index contributed by atoms with van der Waals surface area (Å²) in [5.74, 6) is 3.81. The first-order valence-electron chi connectivity index (χ1n) is 9.75. The van der Waals surface area contributed by atoms with E-state index in [4.69, 9.17) is 4.74 Å². The van der Waals surface area contributed by atoms with Gasteiger partial charge in [-0.05, 0) is 36.8 Å². The molecule has 0 saturated heterocycles. The maximum atomic E-state index is 12.6. The van der Waals surface area contributed by atoms with E-state index in [1.54, 1.807) is 43.5 Å². The molecule has 0 bridgehead atoms. The van der Waals surface area contributed by atoms with E-state index >= 15 is 0 Å². The average molecular weight is 459 g/mol. The third kappa shape index (κ3) is 7.20. The van der Waals surface area contributed by atoms with Crippen LogP contribution in [0.4, 0.5) is 0 Å². The van der Waals surface area contributed by atoms with Gasteiger partial charge in [0.15, 0.2) is 0 Å². The van der Waals surface area contributed by atoms with Crippen LogP contribution in [0, 0.1) is 18.8 Å². The lowest BCUT2D eigenvalue weighted by atomic mass is 10.0. The molecule has 2 N–H and O–H groups in total. The number of ether oxygens (including phenoxy) is 1. The highest BCUT2D eigenvalue weighted by molar-refractivity contribution is 7.89. The van der Waals surface area contributed by atoms with Gasteiger partial charge in [-0.3, -0.25) is 4.79 Å². The Balaban J connectivity index is 2.01. The Hall–Kier alpha value is -3.19. The minimum absolute atomic E-state index is 0.0429. The largest absolute Gasteiger partial charge is 0.480 e. The molecule has 0 aliphatic heterocycles. The summed E-state index contributed by atoms with van der Waals surface area (Å²) in [6, 6.07) is 12.0. The predicted molar refractivity (Wildman–Crippen MR) is 119 cm³/mol.